The van der Waals surface area contributed by atoms with Gasteiger partial charge in [0.15, 0.2) is 0 Å². The van der Waals surface area contributed by atoms with Gasteiger partial charge < -0.3 is 15.0 Å². The van der Waals surface area contributed by atoms with E-state index in [1.54, 1.807) is 0 Å². The van der Waals surface area contributed by atoms with E-state index in [0.717, 1.165) is 25.4 Å². The number of ether oxygens (including phenoxy) is 1. The van der Waals surface area contributed by atoms with Crippen molar-refractivity contribution in [2.75, 3.05) is 25.1 Å². The summed E-state index contributed by atoms with van der Waals surface area (Å²) in [5.41, 5.74) is 2.40. The minimum Gasteiger partial charge on any atom is -0.376 e. The van der Waals surface area contributed by atoms with Gasteiger partial charge in [0.25, 0.3) is 0 Å². The zero-order valence-corrected chi connectivity index (χ0v) is 13.4. The molecule has 1 aliphatic rings. The van der Waals surface area contributed by atoms with Crippen LogP contribution in [0.2, 0.25) is 0 Å². The third-order valence-corrected chi connectivity index (χ3v) is 3.86. The van der Waals surface area contributed by atoms with E-state index in [2.05, 4.69) is 43.1 Å². The number of nitrogens with one attached hydrogen (secondary N) is 1. The first-order chi connectivity index (χ1) is 9.49. The van der Waals surface area contributed by atoms with Gasteiger partial charge >= 0.3 is 0 Å². The lowest BCUT2D eigenvalue weighted by Gasteiger charge is -2.24. The molecule has 1 aromatic heterocycles. The molecular formula is C15H28N4O. The molecule has 0 aromatic carbocycles. The summed E-state index contributed by atoms with van der Waals surface area (Å²) >= 11 is 0. The molecule has 0 bridgehead atoms. The van der Waals surface area contributed by atoms with Gasteiger partial charge in [-0.3, -0.25) is 4.68 Å². The van der Waals surface area contributed by atoms with Gasteiger partial charge in [0.2, 0.25) is 0 Å². The maximum Gasteiger partial charge on any atom is 0.131 e. The fraction of sp³-hybridized carbons (Fsp3) is 0.800. The highest BCUT2D eigenvalue weighted by atomic mass is 16.5. The molecule has 0 amide bonds. The molecule has 0 aliphatic carbocycles. The molecule has 1 N–H and O–H groups in total. The predicted molar refractivity (Wildman–Crippen MR) is 82.2 cm³/mol. The molecule has 1 fully saturated rings. The summed E-state index contributed by atoms with van der Waals surface area (Å²) in [6.45, 7) is 9.13. The fourth-order valence-corrected chi connectivity index (χ4v) is 2.86. The number of hydrogen-bond donors (Lipinski definition) is 1. The van der Waals surface area contributed by atoms with Crippen molar-refractivity contribution in [3.63, 3.8) is 0 Å². The Balaban J connectivity index is 2.11. The van der Waals surface area contributed by atoms with Gasteiger partial charge in [-0.05, 0) is 19.8 Å². The lowest BCUT2D eigenvalue weighted by molar-refractivity contribution is 0.116. The first-order valence-corrected chi connectivity index (χ1v) is 7.57. The lowest BCUT2D eigenvalue weighted by Crippen LogP contribution is -2.31. The van der Waals surface area contributed by atoms with Crippen molar-refractivity contribution in [1.82, 2.24) is 15.1 Å². The topological polar surface area (TPSA) is 42.3 Å². The SMILES string of the molecule is Cc1nn(C)c(N(C)CC2CCCO2)c1CNC(C)C. The van der Waals surface area contributed by atoms with E-state index in [0.29, 0.717) is 12.1 Å². The van der Waals surface area contributed by atoms with Crippen LogP contribution in [0, 0.1) is 6.92 Å². The Morgan fingerprint density at radius 3 is 2.85 bits per heavy atom. The highest BCUT2D eigenvalue weighted by molar-refractivity contribution is 5.49. The van der Waals surface area contributed by atoms with Crippen LogP contribution in [0.15, 0.2) is 0 Å². The van der Waals surface area contributed by atoms with Crippen LogP contribution >= 0.6 is 0 Å². The van der Waals surface area contributed by atoms with E-state index >= 15 is 0 Å². The fourth-order valence-electron chi connectivity index (χ4n) is 2.86. The number of anilines is 1. The van der Waals surface area contributed by atoms with Gasteiger partial charge in [-0.2, -0.15) is 5.10 Å². The van der Waals surface area contributed by atoms with E-state index in [-0.39, 0.29) is 0 Å². The highest BCUT2D eigenvalue weighted by Gasteiger charge is 2.22. The average molecular weight is 280 g/mol. The lowest BCUT2D eigenvalue weighted by atomic mass is 10.2. The van der Waals surface area contributed by atoms with Crippen LogP contribution in [0.4, 0.5) is 5.82 Å². The molecule has 5 nitrogen and oxygen atoms in total. The molecule has 2 heterocycles. The van der Waals surface area contributed by atoms with Crippen molar-refractivity contribution in [1.29, 1.82) is 0 Å². The Labute approximate surface area is 122 Å². The second kappa shape index (κ2) is 6.59. The average Bonchev–Trinajstić information content (AvgIpc) is 2.94. The van der Waals surface area contributed by atoms with Crippen LogP contribution in [0.5, 0.6) is 0 Å². The largest absolute Gasteiger partial charge is 0.376 e. The Morgan fingerprint density at radius 2 is 2.25 bits per heavy atom. The molecule has 1 aromatic rings. The highest BCUT2D eigenvalue weighted by Crippen LogP contribution is 2.24. The molecule has 0 radical (unpaired) electrons. The van der Waals surface area contributed by atoms with Crippen LogP contribution in [-0.4, -0.2) is 42.1 Å². The van der Waals surface area contributed by atoms with E-state index in [1.165, 1.54) is 24.2 Å². The standard InChI is InChI=1S/C15H28N4O/c1-11(2)16-9-14-12(3)17-19(5)15(14)18(4)10-13-7-6-8-20-13/h11,13,16H,6-10H2,1-5H3. The summed E-state index contributed by atoms with van der Waals surface area (Å²) in [5.74, 6) is 1.20. The van der Waals surface area contributed by atoms with Crippen molar-refractivity contribution in [2.24, 2.45) is 7.05 Å². The first kappa shape index (κ1) is 15.3. The maximum absolute atomic E-state index is 5.74. The van der Waals surface area contributed by atoms with Gasteiger partial charge in [0, 0.05) is 45.4 Å². The van der Waals surface area contributed by atoms with Crippen LogP contribution < -0.4 is 10.2 Å². The summed E-state index contributed by atoms with van der Waals surface area (Å²) in [7, 11) is 4.16. The van der Waals surface area contributed by atoms with Gasteiger partial charge in [-0.25, -0.2) is 0 Å². The van der Waals surface area contributed by atoms with Gasteiger partial charge in [-0.15, -0.1) is 0 Å². The summed E-state index contributed by atoms with van der Waals surface area (Å²) in [6.07, 6.45) is 2.71. The molecule has 0 spiro atoms. The van der Waals surface area contributed by atoms with E-state index in [4.69, 9.17) is 4.74 Å². The van der Waals surface area contributed by atoms with Crippen LogP contribution in [0.3, 0.4) is 0 Å². The van der Waals surface area contributed by atoms with E-state index < -0.39 is 0 Å². The normalized spacial score (nSPS) is 19.0. The second-order valence-corrected chi connectivity index (χ2v) is 6.06. The monoisotopic (exact) mass is 280 g/mol. The first-order valence-electron chi connectivity index (χ1n) is 7.57. The number of aromatic nitrogens is 2. The number of hydrogen-bond acceptors (Lipinski definition) is 4. The Kier molecular flexibility index (Phi) is 5.05. The molecule has 20 heavy (non-hydrogen) atoms. The minimum absolute atomic E-state index is 0.362. The third kappa shape index (κ3) is 3.52. The third-order valence-electron chi connectivity index (χ3n) is 3.86. The maximum atomic E-state index is 5.74. The van der Waals surface area contributed by atoms with E-state index in [9.17, 15) is 0 Å². The summed E-state index contributed by atoms with van der Waals surface area (Å²) in [6, 6.07) is 0.478. The summed E-state index contributed by atoms with van der Waals surface area (Å²) in [4.78, 5) is 2.29. The Morgan fingerprint density at radius 1 is 1.50 bits per heavy atom. The van der Waals surface area contributed by atoms with Gasteiger partial charge in [0.1, 0.15) is 5.82 Å². The smallest absolute Gasteiger partial charge is 0.131 e. The number of rotatable bonds is 6. The zero-order chi connectivity index (χ0) is 14.7. The van der Waals surface area contributed by atoms with Crippen LogP contribution in [-0.2, 0) is 18.3 Å². The molecule has 5 heteroatoms. The molecule has 0 saturated carbocycles. The molecule has 1 saturated heterocycles. The van der Waals surface area contributed by atoms with Crippen molar-refractivity contribution in [3.05, 3.63) is 11.3 Å². The van der Waals surface area contributed by atoms with Crippen LogP contribution in [0.25, 0.3) is 0 Å². The predicted octanol–water partition coefficient (Wildman–Crippen LogP) is 1.84. The molecule has 2 rings (SSSR count). The number of aryl methyl sites for hydroxylation is 2. The van der Waals surface area contributed by atoms with Crippen molar-refractivity contribution in [3.8, 4) is 0 Å². The van der Waals surface area contributed by atoms with Crippen LogP contribution in [0.1, 0.15) is 37.9 Å². The van der Waals surface area contributed by atoms with Crippen molar-refractivity contribution in [2.45, 2.75) is 52.3 Å². The zero-order valence-electron chi connectivity index (χ0n) is 13.4. The van der Waals surface area contributed by atoms with Gasteiger partial charge in [-0.1, -0.05) is 13.8 Å². The second-order valence-electron chi connectivity index (χ2n) is 6.06. The molecule has 114 valence electrons. The molecule has 1 unspecified atom stereocenters. The summed E-state index contributed by atoms with van der Waals surface area (Å²) < 4.78 is 7.73. The quantitative estimate of drug-likeness (QED) is 0.863. The number of nitrogens with zero attached hydrogens (tertiary/aromatic N) is 3. The van der Waals surface area contributed by atoms with Crippen molar-refractivity contribution >= 4 is 5.82 Å². The molecular weight excluding hydrogens is 252 g/mol. The Bertz CT molecular complexity index is 435. The molecule has 1 aliphatic heterocycles. The number of likely N-dealkylation sites (N-methyl/N-ethyl adjacent to an activating group) is 1. The van der Waals surface area contributed by atoms with E-state index in [1.807, 2.05) is 11.7 Å². The van der Waals surface area contributed by atoms with Gasteiger partial charge in [0.05, 0.1) is 11.8 Å². The van der Waals surface area contributed by atoms with Crippen molar-refractivity contribution < 1.29 is 4.74 Å². The minimum atomic E-state index is 0.362. The Hall–Kier alpha value is -1.07. The summed E-state index contributed by atoms with van der Waals surface area (Å²) in [5, 5.41) is 8.07. The molecule has 1 atom stereocenters.